The highest BCUT2D eigenvalue weighted by Gasteiger charge is 2.50. The first-order valence-electron chi connectivity index (χ1n) is 15.3. The molecule has 0 N–H and O–H groups in total. The lowest BCUT2D eigenvalue weighted by Gasteiger charge is -2.13. The van der Waals surface area contributed by atoms with E-state index in [0.29, 0.717) is 46.0 Å². The Morgan fingerprint density at radius 1 is 0.711 bits per heavy atom. The van der Waals surface area contributed by atoms with Gasteiger partial charge in [-0.25, -0.2) is 20.0 Å². The summed E-state index contributed by atoms with van der Waals surface area (Å²) >= 11 is 0. The van der Waals surface area contributed by atoms with Crippen molar-refractivity contribution in [3.8, 4) is 0 Å². The van der Waals surface area contributed by atoms with Crippen molar-refractivity contribution in [3.63, 3.8) is 0 Å². The van der Waals surface area contributed by atoms with Crippen LogP contribution in [0.5, 0.6) is 0 Å². The van der Waals surface area contributed by atoms with Gasteiger partial charge in [-0.2, -0.15) is 0 Å². The number of nitrogens with zero attached hydrogens (tertiary/aromatic N) is 4. The van der Waals surface area contributed by atoms with Crippen LogP contribution in [-0.4, -0.2) is 54.8 Å². The molecule has 9 heteroatoms. The van der Waals surface area contributed by atoms with Gasteiger partial charge in [0.1, 0.15) is 5.92 Å². The highest BCUT2D eigenvalue weighted by molar-refractivity contribution is 6.43. The molecule has 1 saturated carbocycles. The molecule has 5 aliphatic heterocycles. The number of aliphatic imine (C=N–C) groups is 4. The summed E-state index contributed by atoms with van der Waals surface area (Å²) < 4.78 is 10.1. The maximum Gasteiger partial charge on any atom is 0.321 e. The van der Waals surface area contributed by atoms with E-state index < -0.39 is 11.9 Å². The van der Waals surface area contributed by atoms with Crippen molar-refractivity contribution in [2.45, 2.75) is 67.2 Å². The van der Waals surface area contributed by atoms with Gasteiger partial charge in [0, 0.05) is 17.6 Å². The number of carbonyl (C=O) groups excluding carboxylic acids is 3. The molecule has 0 aromatic heterocycles. The Morgan fingerprint density at radius 2 is 1.27 bits per heavy atom. The smallest absolute Gasteiger partial charge is 0.321 e. The van der Waals surface area contributed by atoms with Gasteiger partial charge >= 0.3 is 11.9 Å². The molecule has 1 atom stereocenters. The average molecular weight is 605 g/mol. The first kappa shape index (κ1) is 30.2. The summed E-state index contributed by atoms with van der Waals surface area (Å²) in [5, 5.41) is 0. The molecule has 0 saturated heterocycles. The van der Waals surface area contributed by atoms with E-state index in [1.54, 1.807) is 0 Å². The molecule has 5 heterocycles. The Labute approximate surface area is 262 Å². The minimum Gasteiger partial charge on any atom is -0.469 e. The van der Waals surface area contributed by atoms with Gasteiger partial charge in [-0.3, -0.25) is 14.4 Å². The lowest BCUT2D eigenvalue weighted by molar-refractivity contribution is -0.146. The molecule has 0 aromatic carbocycles. The molecule has 9 nitrogen and oxygen atoms in total. The maximum absolute atomic E-state index is 14.0. The first-order chi connectivity index (χ1) is 21.5. The number of methoxy groups -OCH3 is 2. The largest absolute Gasteiger partial charge is 0.469 e. The average Bonchev–Trinajstić information content (AvgIpc) is 3.76. The predicted molar refractivity (Wildman–Crippen MR) is 174 cm³/mol. The Kier molecular flexibility index (Phi) is 7.59. The van der Waals surface area contributed by atoms with E-state index in [9.17, 15) is 14.4 Å². The minimum absolute atomic E-state index is 0.107. The summed E-state index contributed by atoms with van der Waals surface area (Å²) in [5.41, 5.74) is 12.9. The summed E-state index contributed by atoms with van der Waals surface area (Å²) in [5.74, 6) is -2.64. The number of rotatable bonds is 6. The highest BCUT2D eigenvalue weighted by Crippen LogP contribution is 2.46. The number of hydrogen-bond donors (Lipinski definition) is 0. The Balaban J connectivity index is 1.69. The van der Waals surface area contributed by atoms with Gasteiger partial charge in [-0.15, -0.1) is 0 Å². The molecule has 0 spiro atoms. The van der Waals surface area contributed by atoms with Crippen molar-refractivity contribution in [1.82, 2.24) is 0 Å². The second-order valence-corrected chi connectivity index (χ2v) is 11.7. The molecule has 1 aliphatic carbocycles. The van der Waals surface area contributed by atoms with Crippen LogP contribution in [-0.2, 0) is 23.9 Å². The van der Waals surface area contributed by atoms with Crippen molar-refractivity contribution in [2.75, 3.05) is 14.2 Å². The fourth-order valence-electron chi connectivity index (χ4n) is 6.87. The molecule has 0 radical (unpaired) electrons. The van der Waals surface area contributed by atoms with Gasteiger partial charge in [0.15, 0.2) is 5.78 Å². The van der Waals surface area contributed by atoms with Gasteiger partial charge in [0.05, 0.1) is 59.9 Å². The zero-order valence-electron chi connectivity index (χ0n) is 27.0. The van der Waals surface area contributed by atoms with Crippen LogP contribution in [0.1, 0.15) is 67.2 Å². The van der Waals surface area contributed by atoms with Crippen molar-refractivity contribution in [1.29, 1.82) is 0 Å². The van der Waals surface area contributed by atoms with Gasteiger partial charge in [0.25, 0.3) is 0 Å². The van der Waals surface area contributed by atoms with E-state index in [4.69, 9.17) is 29.4 Å². The maximum atomic E-state index is 14.0. The lowest BCUT2D eigenvalue weighted by atomic mass is 9.92. The number of esters is 2. The molecular formula is C36H36N4O5. The highest BCUT2D eigenvalue weighted by atomic mass is 16.5. The number of allylic oxidation sites excluding steroid dienone is 11. The molecule has 45 heavy (non-hydrogen) atoms. The zero-order valence-corrected chi connectivity index (χ0v) is 27.0. The van der Waals surface area contributed by atoms with E-state index in [1.165, 1.54) is 14.2 Å². The van der Waals surface area contributed by atoms with Crippen LogP contribution in [0.2, 0.25) is 0 Å². The van der Waals surface area contributed by atoms with Gasteiger partial charge in [0.2, 0.25) is 0 Å². The van der Waals surface area contributed by atoms with Crippen LogP contribution in [0.3, 0.4) is 0 Å². The third-order valence-electron chi connectivity index (χ3n) is 9.44. The van der Waals surface area contributed by atoms with Crippen LogP contribution in [0.25, 0.3) is 0 Å². The van der Waals surface area contributed by atoms with E-state index in [-0.39, 0.29) is 18.2 Å². The van der Waals surface area contributed by atoms with Crippen molar-refractivity contribution < 1.29 is 23.9 Å². The summed E-state index contributed by atoms with van der Waals surface area (Å²) in [6.07, 6.45) is 7.91. The van der Waals surface area contributed by atoms with Crippen LogP contribution in [0.4, 0.5) is 0 Å². The number of ketones is 1. The lowest BCUT2D eigenvalue weighted by Crippen LogP contribution is -2.23. The van der Waals surface area contributed by atoms with Crippen molar-refractivity contribution >= 4 is 40.6 Å². The topological polar surface area (TPSA) is 119 Å². The van der Waals surface area contributed by atoms with Crippen LogP contribution >= 0.6 is 0 Å². The fourth-order valence-corrected chi connectivity index (χ4v) is 6.87. The number of fused-ring (bicyclic) bond motifs is 4. The second-order valence-electron chi connectivity index (χ2n) is 11.7. The van der Waals surface area contributed by atoms with Gasteiger partial charge < -0.3 is 9.47 Å². The Hall–Kier alpha value is -4.79. The summed E-state index contributed by atoms with van der Waals surface area (Å²) in [4.78, 5) is 59.7. The quantitative estimate of drug-likeness (QED) is 0.267. The predicted octanol–water partition coefficient (Wildman–Crippen LogP) is 6.14. The molecule has 230 valence electrons. The summed E-state index contributed by atoms with van der Waals surface area (Å²) in [6.45, 7) is 12.1. The third kappa shape index (κ3) is 4.64. The molecular weight excluding hydrogens is 568 g/mol. The van der Waals surface area contributed by atoms with Gasteiger partial charge in [-0.05, 0) is 104 Å². The zero-order chi connectivity index (χ0) is 32.3. The molecule has 0 unspecified atom stereocenters. The van der Waals surface area contributed by atoms with Crippen LogP contribution < -0.4 is 0 Å². The Morgan fingerprint density at radius 3 is 1.80 bits per heavy atom. The standard InChI is InChI=1S/C36H36N4O5/c1-9-20-16(3)23-13-25-18(5)22(11-12-29(41)44-7)33(39-25)31-32(36(43)45-8)35(42)30-19(6)26(40-34(30)31)15-28-21(10-2)17(4)24(38-28)14-27(20)37-23/h13-15,32H,9-12H2,1-8H3/t32-/m1/s1. The van der Waals surface area contributed by atoms with E-state index in [2.05, 4.69) is 33.8 Å². The summed E-state index contributed by atoms with van der Waals surface area (Å²) in [7, 11) is 2.62. The number of ether oxygens (including phenoxy) is 2. The Bertz CT molecular complexity index is 1910. The second kappa shape index (κ2) is 11.3. The molecule has 0 aromatic rings. The molecule has 8 bridgehead atoms. The van der Waals surface area contributed by atoms with E-state index >= 15 is 0 Å². The molecule has 1 fully saturated rings. The molecule has 0 amide bonds. The van der Waals surface area contributed by atoms with Crippen molar-refractivity contribution in [3.05, 3.63) is 91.2 Å². The number of Topliss-reactive ketones (excluding diaryl/α,β-unsaturated/α-hetero) is 1. The van der Waals surface area contributed by atoms with Gasteiger partial charge in [-0.1, -0.05) is 13.8 Å². The van der Waals surface area contributed by atoms with Crippen molar-refractivity contribution in [2.24, 2.45) is 25.9 Å². The SMILES string of the molecule is CCC1=C(C)C2=CC3=NC(=C4C5=NC(=CC6=NC(=CC1=N2)C(C)=C6CC)C(C)=C5C(=O)[C@@H]4C(=O)OC)C(CCC(=O)OC)=C3C. The van der Waals surface area contributed by atoms with Crippen LogP contribution in [0.15, 0.2) is 111 Å². The van der Waals surface area contributed by atoms with E-state index in [1.807, 2.05) is 26.0 Å². The molecule has 6 aliphatic rings. The summed E-state index contributed by atoms with van der Waals surface area (Å²) in [6, 6.07) is 0. The first-order valence-corrected chi connectivity index (χ1v) is 15.3. The number of hydrogen-bond acceptors (Lipinski definition) is 9. The third-order valence-corrected chi connectivity index (χ3v) is 9.44. The minimum atomic E-state index is -1.22. The van der Waals surface area contributed by atoms with E-state index in [0.717, 1.165) is 69.1 Å². The molecule has 6 rings (SSSR count). The normalized spacial score (nSPS) is 22.2. The fraction of sp³-hybridized carbons (Fsp3) is 0.361. The number of carbonyl (C=O) groups is 3. The monoisotopic (exact) mass is 604 g/mol. The van der Waals surface area contributed by atoms with Crippen LogP contribution in [0, 0.1) is 5.92 Å².